The molecule has 4 rings (SSSR count). The fraction of sp³-hybridized carbons (Fsp3) is 0.310. The minimum atomic E-state index is -0.374. The summed E-state index contributed by atoms with van der Waals surface area (Å²) in [6.45, 7) is 11.3. The van der Waals surface area contributed by atoms with Crippen molar-refractivity contribution in [2.45, 2.75) is 40.0 Å². The van der Waals surface area contributed by atoms with E-state index in [1.165, 1.54) is 0 Å². The van der Waals surface area contributed by atoms with E-state index >= 15 is 0 Å². The van der Waals surface area contributed by atoms with Gasteiger partial charge in [0.25, 0.3) is 5.91 Å². The van der Waals surface area contributed by atoms with Crippen molar-refractivity contribution in [3.05, 3.63) is 72.2 Å². The minimum absolute atomic E-state index is 0.131. The van der Waals surface area contributed by atoms with E-state index in [-0.39, 0.29) is 17.4 Å². The van der Waals surface area contributed by atoms with Gasteiger partial charge in [-0.15, -0.1) is 0 Å². The molecule has 2 aromatic heterocycles. The Morgan fingerprint density at radius 1 is 0.974 bits per heavy atom. The van der Waals surface area contributed by atoms with Crippen molar-refractivity contribution < 1.29 is 14.3 Å². The molecule has 0 saturated carbocycles. The van der Waals surface area contributed by atoms with E-state index in [1.807, 2.05) is 44.2 Å². The van der Waals surface area contributed by atoms with Gasteiger partial charge >= 0.3 is 6.03 Å². The van der Waals surface area contributed by atoms with E-state index in [4.69, 9.17) is 4.74 Å². The molecule has 2 heterocycles. The Kier molecular flexibility index (Phi) is 7.66. The van der Waals surface area contributed by atoms with Crippen molar-refractivity contribution in [1.82, 2.24) is 19.7 Å². The van der Waals surface area contributed by atoms with Crippen LogP contribution in [0.3, 0.4) is 0 Å². The second-order valence-electron chi connectivity index (χ2n) is 9.98. The molecule has 38 heavy (non-hydrogen) atoms. The number of ether oxygens (including phenoxy) is 1. The molecule has 0 saturated heterocycles. The van der Waals surface area contributed by atoms with Gasteiger partial charge in [-0.2, -0.15) is 5.10 Å². The summed E-state index contributed by atoms with van der Waals surface area (Å²) in [7, 11) is 1.80. The van der Waals surface area contributed by atoms with Crippen LogP contribution in [0.25, 0.3) is 10.8 Å². The summed E-state index contributed by atoms with van der Waals surface area (Å²) >= 11 is 0. The molecule has 0 spiro atoms. The highest BCUT2D eigenvalue weighted by Crippen LogP contribution is 2.34. The second-order valence-corrected chi connectivity index (χ2v) is 9.98. The van der Waals surface area contributed by atoms with Crippen molar-refractivity contribution in [3.8, 4) is 11.5 Å². The van der Waals surface area contributed by atoms with Crippen LogP contribution in [0.4, 0.5) is 16.3 Å². The number of hydrogen-bond acceptors (Lipinski definition) is 5. The number of pyridine rings is 1. The number of nitrogens with one attached hydrogen (secondary N) is 2. The smallest absolute Gasteiger partial charge is 0.324 e. The normalized spacial score (nSPS) is 11.3. The molecule has 198 valence electrons. The predicted molar refractivity (Wildman–Crippen MR) is 150 cm³/mol. The number of anilines is 2. The third-order valence-electron chi connectivity index (χ3n) is 6.25. The largest absolute Gasteiger partial charge is 0.457 e. The molecule has 0 atom stereocenters. The molecule has 0 aliphatic carbocycles. The number of urea groups is 1. The number of aromatic nitrogens is 3. The summed E-state index contributed by atoms with van der Waals surface area (Å²) in [6.07, 6.45) is 1.57. The maximum atomic E-state index is 12.9. The van der Waals surface area contributed by atoms with Gasteiger partial charge in [0.05, 0.1) is 11.4 Å². The zero-order valence-corrected chi connectivity index (χ0v) is 22.7. The van der Waals surface area contributed by atoms with Gasteiger partial charge in [0.15, 0.2) is 0 Å². The molecule has 9 nitrogen and oxygen atoms in total. The SMILES string of the molecule is CCN(CC)C(=O)c1cc(Oc2ccc(NC(=O)Nc3cc(C(C)(C)C)nn3C)c3ccccc23)ccn1. The Bertz CT molecular complexity index is 1470. The maximum Gasteiger partial charge on any atom is 0.324 e. The number of carbonyl (C=O) groups is 2. The van der Waals surface area contributed by atoms with Gasteiger partial charge in [0.1, 0.15) is 23.0 Å². The van der Waals surface area contributed by atoms with Crippen LogP contribution in [-0.2, 0) is 12.5 Å². The first-order chi connectivity index (χ1) is 18.1. The molecule has 0 radical (unpaired) electrons. The average Bonchev–Trinajstić information content (AvgIpc) is 3.26. The molecule has 0 aliphatic rings. The fourth-order valence-corrected chi connectivity index (χ4v) is 4.08. The number of hydrogen-bond donors (Lipinski definition) is 2. The molecule has 0 unspecified atom stereocenters. The van der Waals surface area contributed by atoms with Gasteiger partial charge in [-0.3, -0.25) is 19.8 Å². The van der Waals surface area contributed by atoms with E-state index in [0.717, 1.165) is 16.5 Å². The summed E-state index contributed by atoms with van der Waals surface area (Å²) in [5.74, 6) is 1.56. The Labute approximate surface area is 222 Å². The van der Waals surface area contributed by atoms with E-state index in [0.29, 0.717) is 41.8 Å². The van der Waals surface area contributed by atoms with Gasteiger partial charge < -0.3 is 15.0 Å². The van der Waals surface area contributed by atoms with Crippen molar-refractivity contribution in [1.29, 1.82) is 0 Å². The average molecular weight is 515 g/mol. The second kappa shape index (κ2) is 10.9. The lowest BCUT2D eigenvalue weighted by atomic mass is 9.92. The Balaban J connectivity index is 1.56. The number of benzene rings is 2. The lowest BCUT2D eigenvalue weighted by Gasteiger charge is -2.18. The molecule has 9 heteroatoms. The zero-order valence-electron chi connectivity index (χ0n) is 22.7. The standard InChI is InChI=1S/C29H34N6O3/c1-7-35(8-2)27(36)23-17-19(15-16-30-23)38-24-14-13-22(20-11-9-10-12-21(20)24)31-28(37)32-26-18-25(29(3,4)5)33-34(26)6/h9-18H,7-8H2,1-6H3,(H2,31,32,37). The lowest BCUT2D eigenvalue weighted by molar-refractivity contribution is 0.0766. The van der Waals surface area contributed by atoms with Gasteiger partial charge in [-0.05, 0) is 32.0 Å². The molecule has 0 aliphatic heterocycles. The first-order valence-corrected chi connectivity index (χ1v) is 12.7. The van der Waals surface area contributed by atoms with E-state index in [2.05, 4.69) is 41.5 Å². The van der Waals surface area contributed by atoms with Gasteiger partial charge in [0.2, 0.25) is 0 Å². The van der Waals surface area contributed by atoms with Crippen LogP contribution in [0.15, 0.2) is 60.8 Å². The van der Waals surface area contributed by atoms with Crippen molar-refractivity contribution >= 4 is 34.2 Å². The minimum Gasteiger partial charge on any atom is -0.457 e. The highest BCUT2D eigenvalue weighted by atomic mass is 16.5. The molecule has 2 N–H and O–H groups in total. The lowest BCUT2D eigenvalue weighted by Crippen LogP contribution is -2.31. The van der Waals surface area contributed by atoms with Crippen LogP contribution in [0.2, 0.25) is 0 Å². The molecular formula is C29H34N6O3. The molecular weight excluding hydrogens is 480 g/mol. The van der Waals surface area contributed by atoms with Crippen LogP contribution in [0.1, 0.15) is 50.8 Å². The third kappa shape index (κ3) is 5.77. The number of aryl methyl sites for hydroxylation is 1. The van der Waals surface area contributed by atoms with Gasteiger partial charge in [-0.1, -0.05) is 45.0 Å². The first kappa shape index (κ1) is 26.7. The summed E-state index contributed by atoms with van der Waals surface area (Å²) in [5.41, 5.74) is 1.72. The van der Waals surface area contributed by atoms with Crippen molar-refractivity contribution in [2.24, 2.45) is 7.05 Å². The Morgan fingerprint density at radius 3 is 2.34 bits per heavy atom. The quantitative estimate of drug-likeness (QED) is 0.306. The molecule has 0 fully saturated rings. The summed E-state index contributed by atoms with van der Waals surface area (Å²) in [5, 5.41) is 12.0. The Morgan fingerprint density at radius 2 is 1.68 bits per heavy atom. The highest BCUT2D eigenvalue weighted by Gasteiger charge is 2.20. The number of amides is 3. The molecule has 0 bridgehead atoms. The van der Waals surface area contributed by atoms with Crippen LogP contribution in [-0.4, -0.2) is 44.7 Å². The summed E-state index contributed by atoms with van der Waals surface area (Å²) in [4.78, 5) is 31.6. The van der Waals surface area contributed by atoms with Gasteiger partial charge in [-0.25, -0.2) is 4.79 Å². The third-order valence-corrected chi connectivity index (χ3v) is 6.25. The highest BCUT2D eigenvalue weighted by molar-refractivity contribution is 6.07. The predicted octanol–water partition coefficient (Wildman–Crippen LogP) is 6.18. The summed E-state index contributed by atoms with van der Waals surface area (Å²) in [6, 6.07) is 16.1. The van der Waals surface area contributed by atoms with Crippen molar-refractivity contribution in [3.63, 3.8) is 0 Å². The number of rotatable bonds is 7. The number of carbonyl (C=O) groups excluding carboxylic acids is 2. The van der Waals surface area contributed by atoms with Crippen LogP contribution in [0, 0.1) is 0 Å². The van der Waals surface area contributed by atoms with E-state index in [9.17, 15) is 9.59 Å². The van der Waals surface area contributed by atoms with Gasteiger partial charge in [0, 0.05) is 54.7 Å². The van der Waals surface area contributed by atoms with Crippen molar-refractivity contribution in [2.75, 3.05) is 23.7 Å². The van der Waals surface area contributed by atoms with E-state index in [1.54, 1.807) is 47.1 Å². The molecule has 3 amide bonds. The van der Waals surface area contributed by atoms with Crippen LogP contribution >= 0.6 is 0 Å². The number of fused-ring (bicyclic) bond motifs is 1. The van der Waals surface area contributed by atoms with E-state index < -0.39 is 0 Å². The zero-order chi connectivity index (χ0) is 27.4. The monoisotopic (exact) mass is 514 g/mol. The van der Waals surface area contributed by atoms with Crippen LogP contribution in [0.5, 0.6) is 11.5 Å². The number of nitrogens with zero attached hydrogens (tertiary/aromatic N) is 4. The molecule has 2 aromatic carbocycles. The maximum absolute atomic E-state index is 12.9. The van der Waals surface area contributed by atoms with Crippen LogP contribution < -0.4 is 15.4 Å². The first-order valence-electron chi connectivity index (χ1n) is 12.7. The fourth-order valence-electron chi connectivity index (χ4n) is 4.08. The summed E-state index contributed by atoms with van der Waals surface area (Å²) < 4.78 is 7.84. The topological polar surface area (TPSA) is 101 Å². The Hall–Kier alpha value is -4.40. The molecule has 4 aromatic rings.